The molecule has 0 unspecified atom stereocenters. The lowest BCUT2D eigenvalue weighted by atomic mass is 10.1. The molecule has 0 radical (unpaired) electrons. The lowest BCUT2D eigenvalue weighted by Gasteiger charge is -2.36. The fraction of sp³-hybridized carbons (Fsp3) is 0.619. The number of hydrogen-bond donors (Lipinski definition) is 0. The molecule has 0 aromatic heterocycles. The van der Waals surface area contributed by atoms with Crippen molar-refractivity contribution in [3.05, 3.63) is 23.8 Å². The molecule has 3 rings (SSSR count). The summed E-state index contributed by atoms with van der Waals surface area (Å²) in [6.07, 6.45) is 5.54. The number of nitrogens with zero attached hydrogens (tertiary/aromatic N) is 2. The van der Waals surface area contributed by atoms with E-state index in [1.807, 2.05) is 28.0 Å². The number of aryl methyl sites for hydroxylation is 1. The van der Waals surface area contributed by atoms with Gasteiger partial charge in [0.15, 0.2) is 11.5 Å². The highest BCUT2D eigenvalue weighted by molar-refractivity contribution is 5.80. The van der Waals surface area contributed by atoms with Crippen molar-refractivity contribution in [1.82, 2.24) is 9.80 Å². The molecule has 1 saturated heterocycles. The van der Waals surface area contributed by atoms with Crippen LogP contribution in [0, 0.1) is 5.92 Å². The van der Waals surface area contributed by atoms with Crippen LogP contribution in [0.15, 0.2) is 18.2 Å². The molecule has 27 heavy (non-hydrogen) atoms. The van der Waals surface area contributed by atoms with Gasteiger partial charge < -0.3 is 19.3 Å². The van der Waals surface area contributed by atoms with Gasteiger partial charge in [-0.05, 0) is 37.0 Å². The maximum Gasteiger partial charge on any atom is 0.225 e. The molecule has 1 saturated carbocycles. The van der Waals surface area contributed by atoms with Crippen molar-refractivity contribution >= 4 is 11.8 Å². The largest absolute Gasteiger partial charge is 0.493 e. The third-order valence-corrected chi connectivity index (χ3v) is 5.72. The zero-order valence-corrected chi connectivity index (χ0v) is 16.4. The van der Waals surface area contributed by atoms with E-state index in [9.17, 15) is 9.59 Å². The van der Waals surface area contributed by atoms with Crippen molar-refractivity contribution in [3.8, 4) is 11.5 Å². The number of amides is 2. The van der Waals surface area contributed by atoms with Crippen molar-refractivity contribution in [3.63, 3.8) is 0 Å². The number of benzene rings is 1. The molecular weight excluding hydrogens is 344 g/mol. The summed E-state index contributed by atoms with van der Waals surface area (Å²) in [4.78, 5) is 28.9. The van der Waals surface area contributed by atoms with Crippen LogP contribution in [-0.2, 0) is 16.0 Å². The normalized spacial score (nSPS) is 17.9. The molecule has 2 aliphatic rings. The van der Waals surface area contributed by atoms with E-state index < -0.39 is 0 Å². The highest BCUT2D eigenvalue weighted by Crippen LogP contribution is 2.28. The fourth-order valence-electron chi connectivity index (χ4n) is 4.05. The predicted octanol–water partition coefficient (Wildman–Crippen LogP) is 2.50. The minimum atomic E-state index is 0.151. The molecule has 1 aliphatic heterocycles. The average molecular weight is 374 g/mol. The molecule has 2 amide bonds. The quantitative estimate of drug-likeness (QED) is 0.768. The average Bonchev–Trinajstić information content (AvgIpc) is 3.26. The Morgan fingerprint density at radius 2 is 1.59 bits per heavy atom. The number of ether oxygens (including phenoxy) is 2. The molecule has 1 aromatic carbocycles. The van der Waals surface area contributed by atoms with Crippen LogP contribution >= 0.6 is 0 Å². The van der Waals surface area contributed by atoms with Crippen LogP contribution < -0.4 is 9.47 Å². The Morgan fingerprint density at radius 3 is 2.22 bits per heavy atom. The van der Waals surface area contributed by atoms with Crippen LogP contribution in [0.2, 0.25) is 0 Å². The zero-order valence-electron chi connectivity index (χ0n) is 16.4. The molecule has 0 N–H and O–H groups in total. The molecule has 0 atom stereocenters. The van der Waals surface area contributed by atoms with Gasteiger partial charge in [0.05, 0.1) is 14.2 Å². The Kier molecular flexibility index (Phi) is 6.58. The van der Waals surface area contributed by atoms with Gasteiger partial charge in [-0.15, -0.1) is 0 Å². The van der Waals surface area contributed by atoms with Crippen LogP contribution in [0.5, 0.6) is 11.5 Å². The van der Waals surface area contributed by atoms with Crippen LogP contribution in [0.4, 0.5) is 0 Å². The molecule has 1 heterocycles. The molecule has 0 bridgehead atoms. The van der Waals surface area contributed by atoms with E-state index in [1.165, 1.54) is 12.8 Å². The Bertz CT molecular complexity index is 662. The maximum atomic E-state index is 12.5. The lowest BCUT2D eigenvalue weighted by molar-refractivity contribution is -0.142. The van der Waals surface area contributed by atoms with E-state index in [4.69, 9.17) is 9.47 Å². The van der Waals surface area contributed by atoms with E-state index in [-0.39, 0.29) is 11.8 Å². The van der Waals surface area contributed by atoms with Gasteiger partial charge in [-0.3, -0.25) is 9.59 Å². The molecule has 2 fully saturated rings. The van der Waals surface area contributed by atoms with Crippen molar-refractivity contribution in [2.75, 3.05) is 40.4 Å². The molecular formula is C21H30N2O4. The first-order valence-electron chi connectivity index (χ1n) is 9.90. The standard InChI is InChI=1S/C21H30N2O4/c1-26-18-9-7-16(15-19(18)27-2)8-10-20(24)22-11-13-23(14-12-22)21(25)17-5-3-4-6-17/h7,9,15,17H,3-6,8,10-14H2,1-2H3. The summed E-state index contributed by atoms with van der Waals surface area (Å²) in [7, 11) is 3.22. The van der Waals surface area contributed by atoms with Gasteiger partial charge in [-0.2, -0.15) is 0 Å². The summed E-state index contributed by atoms with van der Waals surface area (Å²) in [5.74, 6) is 2.04. The summed E-state index contributed by atoms with van der Waals surface area (Å²) in [6, 6.07) is 5.75. The van der Waals surface area contributed by atoms with Crippen LogP contribution in [0.3, 0.4) is 0 Å². The van der Waals surface area contributed by atoms with Crippen molar-refractivity contribution in [1.29, 1.82) is 0 Å². The SMILES string of the molecule is COc1ccc(CCC(=O)N2CCN(C(=O)C3CCCC3)CC2)cc1OC. The second-order valence-electron chi connectivity index (χ2n) is 7.38. The summed E-state index contributed by atoms with van der Waals surface area (Å²) in [6.45, 7) is 2.61. The minimum Gasteiger partial charge on any atom is -0.493 e. The maximum absolute atomic E-state index is 12.5. The zero-order chi connectivity index (χ0) is 19.2. The van der Waals surface area contributed by atoms with Gasteiger partial charge >= 0.3 is 0 Å². The van der Waals surface area contributed by atoms with Gasteiger partial charge in [0.1, 0.15) is 0 Å². The van der Waals surface area contributed by atoms with Crippen molar-refractivity contribution < 1.29 is 19.1 Å². The van der Waals surface area contributed by atoms with Crippen LogP contribution in [-0.4, -0.2) is 62.0 Å². The number of carbonyl (C=O) groups excluding carboxylic acids is 2. The summed E-state index contributed by atoms with van der Waals surface area (Å²) in [5.41, 5.74) is 1.05. The third-order valence-electron chi connectivity index (χ3n) is 5.72. The van der Waals surface area contributed by atoms with Gasteiger partial charge in [-0.25, -0.2) is 0 Å². The first-order chi connectivity index (χ1) is 13.1. The Hall–Kier alpha value is -2.24. The first-order valence-corrected chi connectivity index (χ1v) is 9.90. The topological polar surface area (TPSA) is 59.1 Å². The fourth-order valence-corrected chi connectivity index (χ4v) is 4.05. The highest BCUT2D eigenvalue weighted by Gasteiger charge is 2.30. The van der Waals surface area contributed by atoms with Crippen LogP contribution in [0.1, 0.15) is 37.7 Å². The second kappa shape index (κ2) is 9.11. The van der Waals surface area contributed by atoms with Crippen LogP contribution in [0.25, 0.3) is 0 Å². The van der Waals surface area contributed by atoms with E-state index >= 15 is 0 Å². The lowest BCUT2D eigenvalue weighted by Crippen LogP contribution is -2.51. The first kappa shape index (κ1) is 19.5. The Labute approximate surface area is 161 Å². The highest BCUT2D eigenvalue weighted by atomic mass is 16.5. The Morgan fingerprint density at radius 1 is 0.963 bits per heavy atom. The van der Waals surface area contributed by atoms with E-state index in [0.717, 1.165) is 18.4 Å². The molecule has 0 spiro atoms. The molecule has 1 aromatic rings. The third kappa shape index (κ3) is 4.73. The summed E-state index contributed by atoms with van der Waals surface area (Å²) < 4.78 is 10.6. The molecule has 148 valence electrons. The van der Waals surface area contributed by atoms with Crippen molar-refractivity contribution in [2.24, 2.45) is 5.92 Å². The number of rotatable bonds is 6. The van der Waals surface area contributed by atoms with Crippen molar-refractivity contribution in [2.45, 2.75) is 38.5 Å². The molecule has 1 aliphatic carbocycles. The van der Waals surface area contributed by atoms with Gasteiger partial charge in [0.2, 0.25) is 11.8 Å². The van der Waals surface area contributed by atoms with E-state index in [2.05, 4.69) is 0 Å². The predicted molar refractivity (Wildman–Crippen MR) is 103 cm³/mol. The minimum absolute atomic E-state index is 0.151. The van der Waals surface area contributed by atoms with E-state index in [1.54, 1.807) is 14.2 Å². The Balaban J connectivity index is 1.46. The molecule has 6 heteroatoms. The van der Waals surface area contributed by atoms with E-state index in [0.29, 0.717) is 56.4 Å². The molecule has 6 nitrogen and oxygen atoms in total. The number of hydrogen-bond acceptors (Lipinski definition) is 4. The summed E-state index contributed by atoms with van der Waals surface area (Å²) in [5, 5.41) is 0. The monoisotopic (exact) mass is 374 g/mol. The number of carbonyl (C=O) groups is 2. The number of piperazine rings is 1. The van der Waals surface area contributed by atoms with Gasteiger partial charge in [-0.1, -0.05) is 18.9 Å². The summed E-state index contributed by atoms with van der Waals surface area (Å²) >= 11 is 0. The number of methoxy groups -OCH3 is 2. The second-order valence-corrected chi connectivity index (χ2v) is 7.38. The van der Waals surface area contributed by atoms with Gasteiger partial charge in [0.25, 0.3) is 0 Å². The van der Waals surface area contributed by atoms with Gasteiger partial charge in [0, 0.05) is 38.5 Å². The smallest absolute Gasteiger partial charge is 0.225 e.